The Hall–Kier alpha value is -2.76. The molecular formula is C14H11N2O4. The lowest BCUT2D eigenvalue weighted by molar-refractivity contribution is -0.385. The number of rotatable bonds is 4. The van der Waals surface area contributed by atoms with Gasteiger partial charge in [-0.3, -0.25) is 20.2 Å². The number of nitrogens with zero attached hydrogens (tertiary/aromatic N) is 2. The highest BCUT2D eigenvalue weighted by Gasteiger charge is 2.12. The highest BCUT2D eigenvalue weighted by Crippen LogP contribution is 2.26. The summed E-state index contributed by atoms with van der Waals surface area (Å²) in [6.07, 6.45) is 0. The van der Waals surface area contributed by atoms with Crippen LogP contribution in [0.15, 0.2) is 48.5 Å². The zero-order valence-electron chi connectivity index (χ0n) is 10.4. The molecule has 0 amide bonds. The number of hydrogen-bond donors (Lipinski definition) is 0. The standard InChI is InChI=1S/C14H11N2O4/c1-10(11-2-6-13(7-3-11)15(17)18)12-4-8-14(9-5-12)16(19)20/h2-10H,1H2. The van der Waals surface area contributed by atoms with E-state index in [9.17, 15) is 20.2 Å². The van der Waals surface area contributed by atoms with Crippen LogP contribution in [0.4, 0.5) is 11.4 Å². The Morgan fingerprint density at radius 2 is 1.05 bits per heavy atom. The molecule has 0 unspecified atom stereocenters. The van der Waals surface area contributed by atoms with E-state index in [1.807, 2.05) is 0 Å². The van der Waals surface area contributed by atoms with Crippen LogP contribution in [0.25, 0.3) is 0 Å². The minimum absolute atomic E-state index is 0.0182. The Morgan fingerprint density at radius 3 is 1.30 bits per heavy atom. The molecule has 0 fully saturated rings. The Kier molecular flexibility index (Phi) is 3.74. The fourth-order valence-electron chi connectivity index (χ4n) is 1.85. The van der Waals surface area contributed by atoms with Crippen LogP contribution in [0, 0.1) is 27.2 Å². The van der Waals surface area contributed by atoms with Gasteiger partial charge in [0.25, 0.3) is 11.4 Å². The van der Waals surface area contributed by atoms with Gasteiger partial charge in [-0.05, 0) is 18.1 Å². The van der Waals surface area contributed by atoms with Gasteiger partial charge in [0.15, 0.2) is 0 Å². The molecule has 1 radical (unpaired) electrons. The topological polar surface area (TPSA) is 86.3 Å². The van der Waals surface area contributed by atoms with Crippen molar-refractivity contribution in [2.24, 2.45) is 0 Å². The lowest BCUT2D eigenvalue weighted by Crippen LogP contribution is -1.97. The van der Waals surface area contributed by atoms with Crippen LogP contribution >= 0.6 is 0 Å². The maximum absolute atomic E-state index is 10.6. The second kappa shape index (κ2) is 5.48. The van der Waals surface area contributed by atoms with Gasteiger partial charge in [0.1, 0.15) is 0 Å². The van der Waals surface area contributed by atoms with E-state index in [0.29, 0.717) is 0 Å². The molecule has 6 heteroatoms. The van der Waals surface area contributed by atoms with Gasteiger partial charge in [0.2, 0.25) is 0 Å². The molecule has 101 valence electrons. The number of nitro benzene ring substituents is 2. The first-order valence-electron chi connectivity index (χ1n) is 5.81. The molecule has 0 aromatic heterocycles. The average molecular weight is 271 g/mol. The maximum atomic E-state index is 10.6. The van der Waals surface area contributed by atoms with Crippen LogP contribution in [-0.2, 0) is 0 Å². The fourth-order valence-corrected chi connectivity index (χ4v) is 1.85. The van der Waals surface area contributed by atoms with E-state index in [2.05, 4.69) is 6.92 Å². The molecule has 0 aliphatic rings. The van der Waals surface area contributed by atoms with Crippen molar-refractivity contribution in [1.29, 1.82) is 0 Å². The van der Waals surface area contributed by atoms with E-state index in [1.165, 1.54) is 24.3 Å². The fraction of sp³-hybridized carbons (Fsp3) is 0.0714. The van der Waals surface area contributed by atoms with Gasteiger partial charge in [-0.2, -0.15) is 0 Å². The smallest absolute Gasteiger partial charge is 0.258 e. The van der Waals surface area contributed by atoms with Crippen LogP contribution in [0.5, 0.6) is 0 Å². The number of hydrogen-bond acceptors (Lipinski definition) is 4. The predicted molar refractivity (Wildman–Crippen MR) is 73.4 cm³/mol. The molecule has 6 nitrogen and oxygen atoms in total. The Labute approximate surface area is 115 Å². The maximum Gasteiger partial charge on any atom is 0.269 e. The van der Waals surface area contributed by atoms with Gasteiger partial charge >= 0.3 is 0 Å². The molecule has 20 heavy (non-hydrogen) atoms. The molecule has 0 heterocycles. The first-order valence-corrected chi connectivity index (χ1v) is 5.81. The molecule has 0 saturated carbocycles. The summed E-state index contributed by atoms with van der Waals surface area (Å²) in [7, 11) is 0. The Bertz CT molecular complexity index is 578. The van der Waals surface area contributed by atoms with Crippen LogP contribution in [0.3, 0.4) is 0 Å². The Morgan fingerprint density at radius 1 is 0.750 bits per heavy atom. The molecule has 0 spiro atoms. The van der Waals surface area contributed by atoms with Gasteiger partial charge in [-0.1, -0.05) is 24.3 Å². The van der Waals surface area contributed by atoms with Crippen molar-refractivity contribution < 1.29 is 9.85 Å². The summed E-state index contributed by atoms with van der Waals surface area (Å²) in [5.74, 6) is -0.239. The van der Waals surface area contributed by atoms with E-state index in [1.54, 1.807) is 24.3 Å². The first-order chi connectivity index (χ1) is 9.49. The lowest BCUT2D eigenvalue weighted by atomic mass is 9.93. The van der Waals surface area contributed by atoms with E-state index in [0.717, 1.165) is 11.1 Å². The number of benzene rings is 2. The molecule has 0 aliphatic carbocycles. The SMILES string of the molecule is [CH2]C(c1ccc([N+](=O)[O-])cc1)c1ccc([N+](=O)[O-])cc1. The molecule has 0 aliphatic heterocycles. The molecule has 2 aromatic rings. The van der Waals surface area contributed by atoms with Gasteiger partial charge < -0.3 is 0 Å². The quantitative estimate of drug-likeness (QED) is 0.629. The first kappa shape index (κ1) is 13.7. The van der Waals surface area contributed by atoms with Crippen molar-refractivity contribution in [1.82, 2.24) is 0 Å². The summed E-state index contributed by atoms with van der Waals surface area (Å²) in [6.45, 7) is 3.99. The second-order valence-electron chi connectivity index (χ2n) is 4.25. The summed E-state index contributed by atoms with van der Waals surface area (Å²) in [6, 6.07) is 12.2. The molecular weight excluding hydrogens is 260 g/mol. The summed E-state index contributed by atoms with van der Waals surface area (Å²) in [5, 5.41) is 21.2. The zero-order valence-corrected chi connectivity index (χ0v) is 10.4. The molecule has 0 atom stereocenters. The van der Waals surface area contributed by atoms with E-state index >= 15 is 0 Å². The summed E-state index contributed by atoms with van der Waals surface area (Å²) in [5.41, 5.74) is 1.66. The molecule has 2 aromatic carbocycles. The lowest BCUT2D eigenvalue weighted by Gasteiger charge is -2.11. The summed E-state index contributed by atoms with van der Waals surface area (Å²) >= 11 is 0. The zero-order chi connectivity index (χ0) is 14.7. The molecule has 0 saturated heterocycles. The van der Waals surface area contributed by atoms with Crippen LogP contribution in [0.1, 0.15) is 17.0 Å². The van der Waals surface area contributed by atoms with Crippen LogP contribution < -0.4 is 0 Å². The third-order valence-electron chi connectivity index (χ3n) is 3.01. The van der Waals surface area contributed by atoms with Crippen LogP contribution in [-0.4, -0.2) is 9.85 Å². The monoisotopic (exact) mass is 271 g/mol. The summed E-state index contributed by atoms with van der Waals surface area (Å²) < 4.78 is 0. The minimum atomic E-state index is -0.465. The normalized spacial score (nSPS) is 10.5. The summed E-state index contributed by atoms with van der Waals surface area (Å²) in [4.78, 5) is 20.2. The van der Waals surface area contributed by atoms with Gasteiger partial charge in [0, 0.05) is 30.2 Å². The highest BCUT2D eigenvalue weighted by atomic mass is 16.6. The van der Waals surface area contributed by atoms with Crippen molar-refractivity contribution in [2.75, 3.05) is 0 Å². The van der Waals surface area contributed by atoms with E-state index in [-0.39, 0.29) is 17.3 Å². The highest BCUT2D eigenvalue weighted by molar-refractivity contribution is 5.42. The largest absolute Gasteiger partial charge is 0.269 e. The molecule has 0 bridgehead atoms. The van der Waals surface area contributed by atoms with Gasteiger partial charge in [0.05, 0.1) is 9.85 Å². The predicted octanol–water partition coefficient (Wildman–Crippen LogP) is 3.47. The van der Waals surface area contributed by atoms with E-state index in [4.69, 9.17) is 0 Å². The number of nitro groups is 2. The van der Waals surface area contributed by atoms with Crippen molar-refractivity contribution in [3.05, 3.63) is 86.8 Å². The van der Waals surface area contributed by atoms with Crippen molar-refractivity contribution >= 4 is 11.4 Å². The Balaban J connectivity index is 2.24. The van der Waals surface area contributed by atoms with Gasteiger partial charge in [-0.25, -0.2) is 0 Å². The minimum Gasteiger partial charge on any atom is -0.258 e. The van der Waals surface area contributed by atoms with Gasteiger partial charge in [-0.15, -0.1) is 0 Å². The third-order valence-corrected chi connectivity index (χ3v) is 3.01. The van der Waals surface area contributed by atoms with Crippen LogP contribution in [0.2, 0.25) is 0 Å². The number of non-ortho nitro benzene ring substituents is 2. The van der Waals surface area contributed by atoms with E-state index < -0.39 is 9.85 Å². The molecule has 2 rings (SSSR count). The van der Waals surface area contributed by atoms with Crippen molar-refractivity contribution in [2.45, 2.75) is 5.92 Å². The average Bonchev–Trinajstić information content (AvgIpc) is 2.46. The third kappa shape index (κ3) is 2.80. The van der Waals surface area contributed by atoms with Crippen molar-refractivity contribution in [3.63, 3.8) is 0 Å². The molecule has 0 N–H and O–H groups in total. The van der Waals surface area contributed by atoms with Crippen molar-refractivity contribution in [3.8, 4) is 0 Å². The second-order valence-corrected chi connectivity index (χ2v) is 4.25.